The number of halogens is 1. The molecule has 1 unspecified atom stereocenters. The fourth-order valence-corrected chi connectivity index (χ4v) is 3.00. The van der Waals surface area contributed by atoms with Crippen LogP contribution in [-0.2, 0) is 11.3 Å². The Labute approximate surface area is 117 Å². The Morgan fingerprint density at radius 1 is 1.50 bits per heavy atom. The molecule has 1 saturated heterocycles. The van der Waals surface area contributed by atoms with Gasteiger partial charge in [-0.15, -0.1) is 0 Å². The number of phenols is 1. The highest BCUT2D eigenvalue weighted by Gasteiger charge is 2.31. The molecular formula is C14H20BrNO2. The topological polar surface area (TPSA) is 32.7 Å². The summed E-state index contributed by atoms with van der Waals surface area (Å²) in [5.74, 6) is 0.314. The lowest BCUT2D eigenvalue weighted by Crippen LogP contribution is -2.51. The van der Waals surface area contributed by atoms with E-state index in [1.165, 1.54) is 0 Å². The number of hydrogen-bond acceptors (Lipinski definition) is 3. The number of hydrogen-bond donors (Lipinski definition) is 1. The number of ether oxygens (including phenoxy) is 1. The first-order valence-corrected chi connectivity index (χ1v) is 7.02. The van der Waals surface area contributed by atoms with Crippen molar-refractivity contribution in [2.45, 2.75) is 39.0 Å². The normalized spacial score (nSPS) is 24.1. The molecule has 0 saturated carbocycles. The molecule has 18 heavy (non-hydrogen) atoms. The molecule has 0 radical (unpaired) electrons. The van der Waals surface area contributed by atoms with Crippen molar-refractivity contribution in [3.05, 3.63) is 28.2 Å². The summed E-state index contributed by atoms with van der Waals surface area (Å²) < 4.78 is 6.93. The summed E-state index contributed by atoms with van der Waals surface area (Å²) in [6.07, 6.45) is 0.241. The Morgan fingerprint density at radius 3 is 2.89 bits per heavy atom. The number of rotatable bonds is 2. The van der Waals surface area contributed by atoms with Crippen molar-refractivity contribution < 1.29 is 9.84 Å². The van der Waals surface area contributed by atoms with Crippen molar-refractivity contribution in [2.75, 3.05) is 13.1 Å². The van der Waals surface area contributed by atoms with Gasteiger partial charge in [0.1, 0.15) is 5.75 Å². The minimum atomic E-state index is -0.110. The molecule has 2 rings (SSSR count). The van der Waals surface area contributed by atoms with Gasteiger partial charge in [0.25, 0.3) is 0 Å². The van der Waals surface area contributed by atoms with E-state index in [1.807, 2.05) is 12.1 Å². The van der Waals surface area contributed by atoms with Crippen molar-refractivity contribution in [1.82, 2.24) is 4.90 Å². The zero-order valence-corrected chi connectivity index (χ0v) is 12.7. The molecule has 0 bridgehead atoms. The summed E-state index contributed by atoms with van der Waals surface area (Å²) in [7, 11) is 0. The molecule has 0 amide bonds. The van der Waals surface area contributed by atoms with Crippen molar-refractivity contribution in [2.24, 2.45) is 0 Å². The van der Waals surface area contributed by atoms with Gasteiger partial charge in [0.05, 0.1) is 11.7 Å². The van der Waals surface area contributed by atoms with E-state index in [-0.39, 0.29) is 11.7 Å². The van der Waals surface area contributed by atoms with Gasteiger partial charge in [0.2, 0.25) is 0 Å². The van der Waals surface area contributed by atoms with E-state index in [2.05, 4.69) is 41.6 Å². The molecule has 3 nitrogen and oxygen atoms in total. The Hall–Kier alpha value is -0.580. The number of morpholine rings is 1. The lowest BCUT2D eigenvalue weighted by atomic mass is 10.0. The van der Waals surface area contributed by atoms with Crippen LogP contribution in [0.2, 0.25) is 0 Å². The molecule has 1 aliphatic heterocycles. The molecule has 1 aromatic carbocycles. The second kappa shape index (κ2) is 5.19. The minimum Gasteiger partial charge on any atom is -0.508 e. The van der Waals surface area contributed by atoms with Gasteiger partial charge in [-0.3, -0.25) is 4.90 Å². The van der Waals surface area contributed by atoms with Gasteiger partial charge >= 0.3 is 0 Å². The van der Waals surface area contributed by atoms with Gasteiger partial charge in [0.15, 0.2) is 0 Å². The average molecular weight is 314 g/mol. The molecule has 0 aromatic heterocycles. The average Bonchev–Trinajstić information content (AvgIpc) is 2.20. The smallest absolute Gasteiger partial charge is 0.115 e. The molecule has 1 aliphatic rings. The second-order valence-corrected chi connectivity index (χ2v) is 6.49. The Morgan fingerprint density at radius 2 is 2.22 bits per heavy atom. The predicted octanol–water partition coefficient (Wildman–Crippen LogP) is 3.15. The fraction of sp³-hybridized carbons (Fsp3) is 0.571. The number of phenolic OH excluding ortho intramolecular Hbond substituents is 1. The van der Waals surface area contributed by atoms with E-state index in [0.29, 0.717) is 5.75 Å². The van der Waals surface area contributed by atoms with E-state index in [0.717, 1.165) is 29.7 Å². The molecule has 1 N–H and O–H groups in total. The van der Waals surface area contributed by atoms with Gasteiger partial charge in [-0.05, 0) is 44.5 Å². The molecular weight excluding hydrogens is 294 g/mol. The van der Waals surface area contributed by atoms with Crippen LogP contribution in [0.5, 0.6) is 5.75 Å². The van der Waals surface area contributed by atoms with Gasteiger partial charge < -0.3 is 9.84 Å². The summed E-state index contributed by atoms with van der Waals surface area (Å²) in [4.78, 5) is 2.37. The number of nitrogens with zero attached hydrogens (tertiary/aromatic N) is 1. The van der Waals surface area contributed by atoms with Crippen LogP contribution in [0.15, 0.2) is 22.7 Å². The van der Waals surface area contributed by atoms with Gasteiger partial charge in [-0.1, -0.05) is 15.9 Å². The molecule has 4 heteroatoms. The van der Waals surface area contributed by atoms with Crippen molar-refractivity contribution in [3.8, 4) is 5.75 Å². The van der Waals surface area contributed by atoms with Gasteiger partial charge in [-0.2, -0.15) is 0 Å². The summed E-state index contributed by atoms with van der Waals surface area (Å²) in [6, 6.07) is 5.40. The number of benzene rings is 1. The molecule has 0 spiro atoms. The van der Waals surface area contributed by atoms with Gasteiger partial charge in [-0.25, -0.2) is 0 Å². The largest absolute Gasteiger partial charge is 0.508 e. The monoisotopic (exact) mass is 313 g/mol. The van der Waals surface area contributed by atoms with E-state index in [1.54, 1.807) is 6.07 Å². The van der Waals surface area contributed by atoms with Crippen molar-refractivity contribution in [1.29, 1.82) is 0 Å². The van der Waals surface area contributed by atoms with Crippen LogP contribution in [0.4, 0.5) is 0 Å². The summed E-state index contributed by atoms with van der Waals surface area (Å²) in [6.45, 7) is 8.99. The van der Waals surface area contributed by atoms with Gasteiger partial charge in [0, 0.05) is 24.1 Å². The Balaban J connectivity index is 2.11. The first-order chi connectivity index (χ1) is 8.35. The minimum absolute atomic E-state index is 0.110. The SMILES string of the molecule is CC1CN(Cc2cc(O)ccc2Br)CC(C)(C)O1. The fourth-order valence-electron chi connectivity index (χ4n) is 2.63. The molecule has 1 atom stereocenters. The second-order valence-electron chi connectivity index (χ2n) is 5.63. The summed E-state index contributed by atoms with van der Waals surface area (Å²) in [5.41, 5.74) is 1.00. The molecule has 1 aromatic rings. The predicted molar refractivity (Wildman–Crippen MR) is 75.7 cm³/mol. The maximum Gasteiger partial charge on any atom is 0.115 e. The van der Waals surface area contributed by atoms with E-state index in [4.69, 9.17) is 4.74 Å². The lowest BCUT2D eigenvalue weighted by molar-refractivity contribution is -0.130. The maximum absolute atomic E-state index is 9.56. The molecule has 100 valence electrons. The summed E-state index contributed by atoms with van der Waals surface area (Å²) in [5, 5.41) is 9.56. The summed E-state index contributed by atoms with van der Waals surface area (Å²) >= 11 is 3.53. The molecule has 1 heterocycles. The first-order valence-electron chi connectivity index (χ1n) is 6.23. The van der Waals surface area contributed by atoms with Crippen LogP contribution in [0.1, 0.15) is 26.3 Å². The van der Waals surface area contributed by atoms with Crippen LogP contribution >= 0.6 is 15.9 Å². The van der Waals surface area contributed by atoms with Crippen LogP contribution in [0, 0.1) is 0 Å². The highest BCUT2D eigenvalue weighted by molar-refractivity contribution is 9.10. The quantitative estimate of drug-likeness (QED) is 0.910. The Kier molecular flexibility index (Phi) is 3.99. The first kappa shape index (κ1) is 13.8. The van der Waals surface area contributed by atoms with Crippen molar-refractivity contribution in [3.63, 3.8) is 0 Å². The maximum atomic E-state index is 9.56. The lowest BCUT2D eigenvalue weighted by Gasteiger charge is -2.41. The van der Waals surface area contributed by atoms with Crippen LogP contribution in [-0.4, -0.2) is 34.8 Å². The van der Waals surface area contributed by atoms with E-state index in [9.17, 15) is 5.11 Å². The van der Waals surface area contributed by atoms with Crippen LogP contribution in [0.3, 0.4) is 0 Å². The molecule has 0 aliphatic carbocycles. The zero-order valence-electron chi connectivity index (χ0n) is 11.1. The standard InChI is InChI=1S/C14H20BrNO2/c1-10-7-16(9-14(2,3)18-10)8-11-6-12(17)4-5-13(11)15/h4-6,10,17H,7-9H2,1-3H3. The highest BCUT2D eigenvalue weighted by atomic mass is 79.9. The third-order valence-electron chi connectivity index (χ3n) is 3.06. The van der Waals surface area contributed by atoms with E-state index < -0.39 is 0 Å². The third kappa shape index (κ3) is 3.46. The zero-order chi connectivity index (χ0) is 13.3. The third-order valence-corrected chi connectivity index (χ3v) is 3.84. The van der Waals surface area contributed by atoms with Crippen LogP contribution in [0.25, 0.3) is 0 Å². The highest BCUT2D eigenvalue weighted by Crippen LogP contribution is 2.26. The number of aromatic hydroxyl groups is 1. The molecule has 1 fully saturated rings. The Bertz CT molecular complexity index is 434. The van der Waals surface area contributed by atoms with Crippen LogP contribution < -0.4 is 0 Å². The van der Waals surface area contributed by atoms with Crippen molar-refractivity contribution >= 4 is 15.9 Å². The van der Waals surface area contributed by atoms with E-state index >= 15 is 0 Å².